The number of aliphatic hydroxyl groups excluding tert-OH is 2. The minimum Gasteiger partial charge on any atom is -0.395 e. The molecule has 26 heavy (non-hydrogen) atoms. The third kappa shape index (κ3) is 4.36. The average Bonchev–Trinajstić information content (AvgIpc) is 2.59. The van der Waals surface area contributed by atoms with Crippen LogP contribution in [0.1, 0.15) is 38.5 Å². The number of halogens is 1. The first-order valence-corrected chi connectivity index (χ1v) is 9.89. The summed E-state index contributed by atoms with van der Waals surface area (Å²) in [5.74, 6) is 2.58. The summed E-state index contributed by atoms with van der Waals surface area (Å²) in [6, 6.07) is 9.98. The fraction of sp³-hybridized carbons (Fsp3) is 0.714. The standard InChI is InChI=1S/C21H31NO3.ClH/c23-7-6-22(19-4-2-1-3-5-19)14-20(24)15-25-21-11-16-8-17(12-21)10-18(9-16)13-21;/h1-5,16-18,20,23-24H,6-15H2;1H. The number of nitrogens with zero attached hydrogens (tertiary/aromatic N) is 1. The first-order chi connectivity index (χ1) is 12.2. The van der Waals surface area contributed by atoms with Crippen molar-refractivity contribution in [2.75, 3.05) is 31.2 Å². The molecule has 0 heterocycles. The van der Waals surface area contributed by atoms with Crippen molar-refractivity contribution in [2.45, 2.75) is 50.2 Å². The van der Waals surface area contributed by atoms with E-state index < -0.39 is 6.10 Å². The van der Waals surface area contributed by atoms with Crippen LogP contribution in [0.5, 0.6) is 0 Å². The Kier molecular flexibility index (Phi) is 6.50. The van der Waals surface area contributed by atoms with E-state index in [4.69, 9.17) is 4.74 Å². The number of hydrogen-bond donors (Lipinski definition) is 2. The lowest BCUT2D eigenvalue weighted by Crippen LogP contribution is -2.53. The molecule has 1 unspecified atom stereocenters. The van der Waals surface area contributed by atoms with Gasteiger partial charge in [-0.05, 0) is 68.4 Å². The predicted molar refractivity (Wildman–Crippen MR) is 106 cm³/mol. The van der Waals surface area contributed by atoms with Gasteiger partial charge in [-0.3, -0.25) is 0 Å². The van der Waals surface area contributed by atoms with Crippen LogP contribution >= 0.6 is 12.4 Å². The zero-order valence-electron chi connectivity index (χ0n) is 15.4. The summed E-state index contributed by atoms with van der Waals surface area (Å²) in [5.41, 5.74) is 1.08. The van der Waals surface area contributed by atoms with Crippen LogP contribution in [0.4, 0.5) is 5.69 Å². The van der Waals surface area contributed by atoms with E-state index in [1.54, 1.807) is 0 Å². The van der Waals surface area contributed by atoms with E-state index in [1.165, 1.54) is 38.5 Å². The summed E-state index contributed by atoms with van der Waals surface area (Å²) in [6.45, 7) is 1.51. The van der Waals surface area contributed by atoms with Crippen molar-refractivity contribution < 1.29 is 14.9 Å². The Hall–Kier alpha value is -0.810. The Bertz CT molecular complexity index is 532. The van der Waals surface area contributed by atoms with E-state index in [1.807, 2.05) is 35.2 Å². The number of benzene rings is 1. The van der Waals surface area contributed by atoms with E-state index in [-0.39, 0.29) is 24.6 Å². The molecular formula is C21H32ClNO3. The highest BCUT2D eigenvalue weighted by atomic mass is 35.5. The molecule has 2 N–H and O–H groups in total. The molecule has 1 aromatic rings. The normalized spacial score (nSPS) is 32.9. The first-order valence-electron chi connectivity index (χ1n) is 9.89. The summed E-state index contributed by atoms with van der Waals surface area (Å²) >= 11 is 0. The van der Waals surface area contributed by atoms with Gasteiger partial charge in [0.1, 0.15) is 0 Å². The molecule has 4 saturated carbocycles. The van der Waals surface area contributed by atoms with Crippen LogP contribution in [-0.2, 0) is 4.74 Å². The molecule has 0 saturated heterocycles. The number of anilines is 1. The number of hydrogen-bond acceptors (Lipinski definition) is 4. The molecule has 4 fully saturated rings. The Balaban J connectivity index is 0.00000196. The SMILES string of the molecule is Cl.OCCN(CC(O)COC12CC3CC(CC(C3)C1)C2)c1ccccc1. The van der Waals surface area contributed by atoms with Crippen LogP contribution < -0.4 is 4.90 Å². The molecule has 4 aliphatic carbocycles. The molecule has 0 aromatic heterocycles. The molecule has 146 valence electrons. The molecule has 0 amide bonds. The topological polar surface area (TPSA) is 52.9 Å². The zero-order chi connectivity index (χ0) is 17.3. The molecule has 5 rings (SSSR count). The highest BCUT2D eigenvalue weighted by Gasteiger charge is 2.51. The number of ether oxygens (including phenoxy) is 1. The largest absolute Gasteiger partial charge is 0.395 e. The van der Waals surface area contributed by atoms with Gasteiger partial charge in [0.05, 0.1) is 24.9 Å². The van der Waals surface area contributed by atoms with Crippen molar-refractivity contribution in [1.29, 1.82) is 0 Å². The summed E-state index contributed by atoms with van der Waals surface area (Å²) in [4.78, 5) is 2.04. The Morgan fingerprint density at radius 1 is 1.04 bits per heavy atom. The van der Waals surface area contributed by atoms with Gasteiger partial charge in [-0.2, -0.15) is 0 Å². The molecule has 4 bridgehead atoms. The molecule has 0 spiro atoms. The van der Waals surface area contributed by atoms with Crippen LogP contribution in [0.25, 0.3) is 0 Å². The monoisotopic (exact) mass is 381 g/mol. The van der Waals surface area contributed by atoms with E-state index in [0.29, 0.717) is 19.7 Å². The predicted octanol–water partition coefficient (Wildman–Crippen LogP) is 3.25. The average molecular weight is 382 g/mol. The maximum Gasteiger partial charge on any atom is 0.0948 e. The van der Waals surface area contributed by atoms with Crippen molar-refractivity contribution in [2.24, 2.45) is 17.8 Å². The van der Waals surface area contributed by atoms with Crippen LogP contribution in [0, 0.1) is 17.8 Å². The maximum atomic E-state index is 10.6. The fourth-order valence-electron chi connectivity index (χ4n) is 5.87. The fourth-order valence-corrected chi connectivity index (χ4v) is 5.87. The minimum absolute atomic E-state index is 0. The summed E-state index contributed by atoms with van der Waals surface area (Å²) in [6.07, 6.45) is 7.29. The lowest BCUT2D eigenvalue weighted by atomic mass is 9.54. The van der Waals surface area contributed by atoms with Gasteiger partial charge in [0.15, 0.2) is 0 Å². The Morgan fingerprint density at radius 2 is 1.62 bits per heavy atom. The molecular weight excluding hydrogens is 350 g/mol. The lowest BCUT2D eigenvalue weighted by Gasteiger charge is -2.56. The van der Waals surface area contributed by atoms with Crippen LogP contribution in [0.2, 0.25) is 0 Å². The molecule has 1 aromatic carbocycles. The van der Waals surface area contributed by atoms with Gasteiger partial charge in [-0.25, -0.2) is 0 Å². The number of rotatable bonds is 8. The van der Waals surface area contributed by atoms with E-state index in [0.717, 1.165) is 23.4 Å². The van der Waals surface area contributed by atoms with Gasteiger partial charge in [-0.15, -0.1) is 12.4 Å². The molecule has 1 atom stereocenters. The summed E-state index contributed by atoms with van der Waals surface area (Å²) in [7, 11) is 0. The van der Waals surface area contributed by atoms with Gasteiger partial charge >= 0.3 is 0 Å². The van der Waals surface area contributed by atoms with Crippen molar-refractivity contribution >= 4 is 18.1 Å². The van der Waals surface area contributed by atoms with E-state index in [2.05, 4.69) is 0 Å². The smallest absolute Gasteiger partial charge is 0.0948 e. The molecule has 0 aliphatic heterocycles. The van der Waals surface area contributed by atoms with Crippen molar-refractivity contribution in [3.63, 3.8) is 0 Å². The Morgan fingerprint density at radius 3 is 2.15 bits per heavy atom. The van der Waals surface area contributed by atoms with E-state index in [9.17, 15) is 10.2 Å². The molecule has 0 radical (unpaired) electrons. The zero-order valence-corrected chi connectivity index (χ0v) is 16.2. The second kappa shape index (κ2) is 8.47. The van der Waals surface area contributed by atoms with E-state index >= 15 is 0 Å². The molecule has 4 nitrogen and oxygen atoms in total. The molecule has 5 heteroatoms. The minimum atomic E-state index is -0.528. The maximum absolute atomic E-state index is 10.6. The Labute approximate surface area is 163 Å². The van der Waals surface area contributed by atoms with Crippen molar-refractivity contribution in [1.82, 2.24) is 0 Å². The van der Waals surface area contributed by atoms with Crippen LogP contribution in [0.3, 0.4) is 0 Å². The van der Waals surface area contributed by atoms with Gasteiger partial charge in [-0.1, -0.05) is 18.2 Å². The number of para-hydroxylation sites is 1. The molecule has 4 aliphatic rings. The highest BCUT2D eigenvalue weighted by molar-refractivity contribution is 5.85. The third-order valence-corrected chi connectivity index (χ3v) is 6.49. The second-order valence-electron chi connectivity index (χ2n) is 8.57. The van der Waals surface area contributed by atoms with Crippen LogP contribution in [-0.4, -0.2) is 48.2 Å². The first kappa shape index (κ1) is 19.9. The van der Waals surface area contributed by atoms with Crippen molar-refractivity contribution in [3.8, 4) is 0 Å². The lowest BCUT2D eigenvalue weighted by molar-refractivity contribution is -0.174. The van der Waals surface area contributed by atoms with Crippen LogP contribution in [0.15, 0.2) is 30.3 Å². The van der Waals surface area contributed by atoms with Gasteiger partial charge in [0.25, 0.3) is 0 Å². The number of aliphatic hydroxyl groups is 2. The van der Waals surface area contributed by atoms with Gasteiger partial charge < -0.3 is 19.8 Å². The second-order valence-corrected chi connectivity index (χ2v) is 8.57. The van der Waals surface area contributed by atoms with Crippen molar-refractivity contribution in [3.05, 3.63) is 30.3 Å². The highest BCUT2D eigenvalue weighted by Crippen LogP contribution is 2.57. The summed E-state index contributed by atoms with van der Waals surface area (Å²) < 4.78 is 6.38. The summed E-state index contributed by atoms with van der Waals surface area (Å²) in [5, 5.41) is 19.9. The van der Waals surface area contributed by atoms with Gasteiger partial charge in [0, 0.05) is 18.8 Å². The van der Waals surface area contributed by atoms with Gasteiger partial charge in [0.2, 0.25) is 0 Å². The third-order valence-electron chi connectivity index (χ3n) is 6.49. The quantitative estimate of drug-likeness (QED) is 0.725.